The van der Waals surface area contributed by atoms with Crippen molar-refractivity contribution in [1.82, 2.24) is 4.57 Å². The molecule has 0 fully saturated rings. The molecular weight excluding hydrogens is 310 g/mol. The standard InChI is InChI=1S/C15H10ClNOS2/c1-9-2-5-11(6-3-9)17-14(19)12-8-10(16)4-7-13(12)18-15(17)20/h2-8H,1H3. The van der Waals surface area contributed by atoms with Gasteiger partial charge in [-0.1, -0.05) is 41.5 Å². The summed E-state index contributed by atoms with van der Waals surface area (Å²) in [5.41, 5.74) is 2.70. The van der Waals surface area contributed by atoms with Gasteiger partial charge in [0.2, 0.25) is 0 Å². The molecule has 3 aromatic rings. The van der Waals surface area contributed by atoms with Crippen LogP contribution in [0.1, 0.15) is 5.56 Å². The zero-order valence-corrected chi connectivity index (χ0v) is 13.0. The lowest BCUT2D eigenvalue weighted by Gasteiger charge is -2.09. The van der Waals surface area contributed by atoms with Crippen LogP contribution >= 0.6 is 36.0 Å². The molecule has 0 saturated carbocycles. The fourth-order valence-electron chi connectivity index (χ4n) is 2.02. The fraction of sp³-hybridized carbons (Fsp3) is 0.0667. The predicted molar refractivity (Wildman–Crippen MR) is 87.0 cm³/mol. The van der Waals surface area contributed by atoms with Crippen molar-refractivity contribution >= 4 is 47.0 Å². The molecule has 0 saturated heterocycles. The molecule has 3 rings (SSSR count). The lowest BCUT2D eigenvalue weighted by molar-refractivity contribution is 0.537. The van der Waals surface area contributed by atoms with E-state index in [1.807, 2.05) is 31.2 Å². The molecule has 20 heavy (non-hydrogen) atoms. The van der Waals surface area contributed by atoms with Gasteiger partial charge in [0, 0.05) is 5.02 Å². The van der Waals surface area contributed by atoms with Gasteiger partial charge in [-0.15, -0.1) is 0 Å². The molecule has 0 atom stereocenters. The van der Waals surface area contributed by atoms with E-state index in [0.717, 1.165) is 11.1 Å². The number of rotatable bonds is 1. The quantitative estimate of drug-likeness (QED) is 0.540. The smallest absolute Gasteiger partial charge is 0.274 e. The van der Waals surface area contributed by atoms with Crippen LogP contribution < -0.4 is 0 Å². The minimum atomic E-state index is 0.327. The first kappa shape index (κ1) is 13.5. The summed E-state index contributed by atoms with van der Waals surface area (Å²) < 4.78 is 8.00. The first-order chi connectivity index (χ1) is 9.56. The summed E-state index contributed by atoms with van der Waals surface area (Å²) in [5, 5.41) is 1.40. The Kier molecular flexibility index (Phi) is 3.46. The van der Waals surface area contributed by atoms with Crippen molar-refractivity contribution in [3.05, 3.63) is 62.5 Å². The van der Waals surface area contributed by atoms with E-state index in [4.69, 9.17) is 40.5 Å². The third-order valence-corrected chi connectivity index (χ3v) is 3.95. The third kappa shape index (κ3) is 2.30. The molecule has 1 heterocycles. The van der Waals surface area contributed by atoms with E-state index in [9.17, 15) is 0 Å². The average Bonchev–Trinajstić information content (AvgIpc) is 2.42. The maximum Gasteiger partial charge on any atom is 0.274 e. The summed E-state index contributed by atoms with van der Waals surface area (Å²) in [6.45, 7) is 2.03. The van der Waals surface area contributed by atoms with Crippen LogP contribution in [0.15, 0.2) is 46.9 Å². The molecule has 0 aliphatic heterocycles. The van der Waals surface area contributed by atoms with Crippen LogP contribution in [0.3, 0.4) is 0 Å². The van der Waals surface area contributed by atoms with Gasteiger partial charge in [-0.05, 0) is 49.5 Å². The van der Waals surface area contributed by atoms with Gasteiger partial charge in [0.1, 0.15) is 10.2 Å². The minimum absolute atomic E-state index is 0.327. The maximum atomic E-state index is 6.03. The number of fused-ring (bicyclic) bond motifs is 1. The van der Waals surface area contributed by atoms with E-state index < -0.39 is 0 Å². The summed E-state index contributed by atoms with van der Waals surface area (Å²) in [6.07, 6.45) is 0. The lowest BCUT2D eigenvalue weighted by Crippen LogP contribution is -1.99. The summed E-state index contributed by atoms with van der Waals surface area (Å²) in [7, 11) is 0. The van der Waals surface area contributed by atoms with Gasteiger partial charge < -0.3 is 4.42 Å². The molecule has 2 aromatic carbocycles. The number of aryl methyl sites for hydroxylation is 1. The Morgan fingerprint density at radius 2 is 1.75 bits per heavy atom. The van der Waals surface area contributed by atoms with Crippen molar-refractivity contribution in [2.24, 2.45) is 0 Å². The molecule has 0 unspecified atom stereocenters. The molecule has 1 aromatic heterocycles. The van der Waals surface area contributed by atoms with Crippen LogP contribution in [0.25, 0.3) is 16.7 Å². The van der Waals surface area contributed by atoms with Crippen LogP contribution in [-0.4, -0.2) is 4.57 Å². The van der Waals surface area contributed by atoms with Crippen LogP contribution in [0.5, 0.6) is 0 Å². The van der Waals surface area contributed by atoms with Crippen molar-refractivity contribution in [3.8, 4) is 5.69 Å². The molecule has 0 spiro atoms. The molecule has 0 bridgehead atoms. The van der Waals surface area contributed by atoms with Gasteiger partial charge in [-0.2, -0.15) is 0 Å². The Bertz CT molecular complexity index is 910. The molecule has 0 aliphatic carbocycles. The van der Waals surface area contributed by atoms with Crippen molar-refractivity contribution in [2.75, 3.05) is 0 Å². The highest BCUT2D eigenvalue weighted by Gasteiger charge is 2.07. The van der Waals surface area contributed by atoms with Gasteiger partial charge in [-0.3, -0.25) is 4.57 Å². The molecule has 100 valence electrons. The first-order valence-corrected chi connectivity index (χ1v) is 7.18. The molecule has 0 radical (unpaired) electrons. The minimum Gasteiger partial charge on any atom is -0.431 e. The van der Waals surface area contributed by atoms with E-state index in [1.54, 1.807) is 22.8 Å². The Hall–Kier alpha value is -1.49. The van der Waals surface area contributed by atoms with Crippen LogP contribution in [-0.2, 0) is 0 Å². The number of halogens is 1. The third-order valence-electron chi connectivity index (χ3n) is 3.05. The number of hydrogen-bond donors (Lipinski definition) is 0. The Morgan fingerprint density at radius 3 is 2.45 bits per heavy atom. The van der Waals surface area contributed by atoms with Crippen LogP contribution in [0.4, 0.5) is 0 Å². The average molecular weight is 320 g/mol. The van der Waals surface area contributed by atoms with Crippen LogP contribution in [0, 0.1) is 16.4 Å². The van der Waals surface area contributed by atoms with Crippen molar-refractivity contribution in [2.45, 2.75) is 6.92 Å². The highest BCUT2D eigenvalue weighted by atomic mass is 35.5. The highest BCUT2D eigenvalue weighted by molar-refractivity contribution is 7.72. The monoisotopic (exact) mass is 319 g/mol. The van der Waals surface area contributed by atoms with Crippen molar-refractivity contribution < 1.29 is 4.42 Å². The highest BCUT2D eigenvalue weighted by Crippen LogP contribution is 2.23. The zero-order chi connectivity index (χ0) is 14.3. The Morgan fingerprint density at radius 1 is 1.05 bits per heavy atom. The second-order valence-corrected chi connectivity index (χ2v) is 5.66. The summed E-state index contributed by atoms with van der Waals surface area (Å²) in [5.74, 6) is 0. The van der Waals surface area contributed by atoms with E-state index in [2.05, 4.69) is 0 Å². The Labute approximate surface area is 131 Å². The van der Waals surface area contributed by atoms with Crippen molar-refractivity contribution in [3.63, 3.8) is 0 Å². The predicted octanol–water partition coefficient (Wildman–Crippen LogP) is 5.64. The normalized spacial score (nSPS) is 10.9. The van der Waals surface area contributed by atoms with Gasteiger partial charge in [0.05, 0.1) is 11.1 Å². The van der Waals surface area contributed by atoms with Crippen molar-refractivity contribution in [1.29, 1.82) is 0 Å². The zero-order valence-electron chi connectivity index (χ0n) is 10.6. The molecule has 0 aliphatic rings. The lowest BCUT2D eigenvalue weighted by atomic mass is 10.2. The van der Waals surface area contributed by atoms with E-state index in [-0.39, 0.29) is 0 Å². The first-order valence-electron chi connectivity index (χ1n) is 5.99. The SMILES string of the molecule is Cc1ccc(-n2c(=S)oc3ccc(Cl)cc3c2=S)cc1. The van der Waals surface area contributed by atoms with Gasteiger partial charge in [-0.25, -0.2) is 0 Å². The molecule has 5 heteroatoms. The molecule has 0 N–H and O–H groups in total. The number of aromatic nitrogens is 1. The van der Waals surface area contributed by atoms with E-state index >= 15 is 0 Å². The van der Waals surface area contributed by atoms with E-state index in [1.165, 1.54) is 5.56 Å². The molecule has 2 nitrogen and oxygen atoms in total. The largest absolute Gasteiger partial charge is 0.431 e. The number of nitrogens with zero attached hydrogens (tertiary/aromatic N) is 1. The second kappa shape index (κ2) is 5.13. The summed E-state index contributed by atoms with van der Waals surface area (Å²) in [6, 6.07) is 13.3. The number of hydrogen-bond acceptors (Lipinski definition) is 3. The molecular formula is C15H10ClNOS2. The summed E-state index contributed by atoms with van der Waals surface area (Å²) >= 11 is 16.9. The number of benzene rings is 2. The maximum absolute atomic E-state index is 6.03. The fourth-order valence-corrected chi connectivity index (χ4v) is 2.88. The summed E-state index contributed by atoms with van der Waals surface area (Å²) in [4.78, 5) is 0.327. The van der Waals surface area contributed by atoms with Gasteiger partial charge in [0.25, 0.3) is 4.84 Å². The topological polar surface area (TPSA) is 18.1 Å². The van der Waals surface area contributed by atoms with Gasteiger partial charge in [0.15, 0.2) is 0 Å². The Balaban J connectivity index is 2.39. The van der Waals surface area contributed by atoms with Crippen LogP contribution in [0.2, 0.25) is 5.02 Å². The second-order valence-electron chi connectivity index (χ2n) is 4.48. The molecule has 0 amide bonds. The van der Waals surface area contributed by atoms with Gasteiger partial charge >= 0.3 is 0 Å². The van der Waals surface area contributed by atoms with E-state index in [0.29, 0.717) is 20.1 Å².